The molecule has 0 aliphatic carbocycles. The highest BCUT2D eigenvalue weighted by molar-refractivity contribution is 9.10. The van der Waals surface area contributed by atoms with E-state index in [-0.39, 0.29) is 12.2 Å². The van der Waals surface area contributed by atoms with Crippen molar-refractivity contribution < 1.29 is 14.6 Å². The van der Waals surface area contributed by atoms with E-state index in [2.05, 4.69) is 15.9 Å². The summed E-state index contributed by atoms with van der Waals surface area (Å²) < 4.78 is 11.4. The van der Waals surface area contributed by atoms with Crippen LogP contribution >= 0.6 is 15.9 Å². The summed E-state index contributed by atoms with van der Waals surface area (Å²) in [6.45, 7) is 6.09. The maximum atomic E-state index is 10.3. The maximum Gasteiger partial charge on any atom is 0.231 e. The minimum atomic E-state index is -0.644. The van der Waals surface area contributed by atoms with Gasteiger partial charge in [0, 0.05) is 4.47 Å². The lowest BCUT2D eigenvalue weighted by molar-refractivity contribution is 0.0399. The van der Waals surface area contributed by atoms with Crippen molar-refractivity contribution in [1.29, 1.82) is 0 Å². The van der Waals surface area contributed by atoms with Crippen molar-refractivity contribution in [1.82, 2.24) is 0 Å². The molecule has 0 radical (unpaired) electrons. The van der Waals surface area contributed by atoms with Crippen LogP contribution in [0.1, 0.15) is 32.4 Å². The first kappa shape index (κ1) is 13.6. The van der Waals surface area contributed by atoms with Crippen molar-refractivity contribution in [3.05, 3.63) is 22.2 Å². The first-order chi connectivity index (χ1) is 8.30. The summed E-state index contributed by atoms with van der Waals surface area (Å²) in [5, 5.41) is 10.3. The molecule has 2 atom stereocenters. The average molecular weight is 316 g/mol. The van der Waals surface area contributed by atoms with E-state index in [0.29, 0.717) is 11.5 Å². The quantitative estimate of drug-likeness (QED) is 0.880. The molecule has 0 saturated heterocycles. The molecule has 0 spiro atoms. The lowest BCUT2D eigenvalue weighted by Gasteiger charge is -2.31. The zero-order chi connectivity index (χ0) is 13.5. The molecule has 1 aromatic carbocycles. The molecule has 3 N–H and O–H groups in total. The Morgan fingerprint density at radius 3 is 2.39 bits per heavy atom. The lowest BCUT2D eigenvalue weighted by atomic mass is 9.82. The van der Waals surface area contributed by atoms with Gasteiger partial charge in [-0.2, -0.15) is 0 Å². The maximum absolute atomic E-state index is 10.3. The predicted molar refractivity (Wildman–Crippen MR) is 72.7 cm³/mol. The number of hydrogen-bond donors (Lipinski definition) is 2. The average Bonchev–Trinajstić information content (AvgIpc) is 2.71. The van der Waals surface area contributed by atoms with E-state index in [4.69, 9.17) is 15.2 Å². The second-order valence-corrected chi connectivity index (χ2v) is 6.42. The number of halogens is 1. The number of hydrogen-bond acceptors (Lipinski definition) is 4. The Bertz CT molecular complexity index is 456. The van der Waals surface area contributed by atoms with E-state index < -0.39 is 12.1 Å². The van der Waals surface area contributed by atoms with Gasteiger partial charge in [0.2, 0.25) is 6.79 Å². The fraction of sp³-hybridized carbons (Fsp3) is 0.538. The smallest absolute Gasteiger partial charge is 0.231 e. The molecule has 0 bridgehead atoms. The minimum Gasteiger partial charge on any atom is -0.454 e. The van der Waals surface area contributed by atoms with E-state index >= 15 is 0 Å². The van der Waals surface area contributed by atoms with Gasteiger partial charge in [0.15, 0.2) is 11.5 Å². The monoisotopic (exact) mass is 315 g/mol. The molecular formula is C13H18BrNO3. The normalized spacial score (nSPS) is 17.7. The SMILES string of the molecule is CC(C)(C)[C@@H](O)[C@@H](N)c1cc2c(cc1Br)OCO2. The van der Waals surface area contributed by atoms with Crippen LogP contribution in [0, 0.1) is 5.41 Å². The molecule has 1 aromatic rings. The van der Waals surface area contributed by atoms with Gasteiger partial charge in [-0.25, -0.2) is 0 Å². The second-order valence-electron chi connectivity index (χ2n) is 5.56. The van der Waals surface area contributed by atoms with Gasteiger partial charge in [-0.05, 0) is 23.1 Å². The Hall–Kier alpha value is -0.780. The zero-order valence-corrected chi connectivity index (χ0v) is 12.3. The second kappa shape index (κ2) is 4.72. The minimum absolute atomic E-state index is 0.224. The number of aliphatic hydroxyl groups is 1. The molecule has 0 aromatic heterocycles. The van der Waals surface area contributed by atoms with Crippen LogP contribution in [-0.4, -0.2) is 18.0 Å². The molecule has 0 saturated carbocycles. The van der Waals surface area contributed by atoms with Crippen LogP contribution in [0.15, 0.2) is 16.6 Å². The molecule has 2 rings (SSSR count). The van der Waals surface area contributed by atoms with Crippen molar-refractivity contribution in [3.63, 3.8) is 0 Å². The zero-order valence-electron chi connectivity index (χ0n) is 10.7. The highest BCUT2D eigenvalue weighted by Gasteiger charge is 2.31. The molecule has 1 aliphatic heterocycles. The van der Waals surface area contributed by atoms with Crippen LogP contribution in [0.5, 0.6) is 11.5 Å². The summed E-state index contributed by atoms with van der Waals surface area (Å²) >= 11 is 3.46. The van der Waals surface area contributed by atoms with Gasteiger partial charge in [-0.15, -0.1) is 0 Å². The molecule has 1 aliphatic rings. The fourth-order valence-corrected chi connectivity index (χ4v) is 2.48. The summed E-state index contributed by atoms with van der Waals surface area (Å²) in [5.74, 6) is 1.37. The molecule has 1 heterocycles. The Morgan fingerprint density at radius 1 is 1.28 bits per heavy atom. The van der Waals surface area contributed by atoms with Gasteiger partial charge in [0.05, 0.1) is 12.1 Å². The van der Waals surface area contributed by atoms with Gasteiger partial charge in [0.25, 0.3) is 0 Å². The molecule has 0 fully saturated rings. The number of aliphatic hydroxyl groups excluding tert-OH is 1. The Labute approximate surface area is 115 Å². The molecular weight excluding hydrogens is 298 g/mol. The summed E-state index contributed by atoms with van der Waals surface area (Å²) in [6.07, 6.45) is -0.644. The molecule has 0 amide bonds. The van der Waals surface area contributed by atoms with Gasteiger partial charge in [-0.1, -0.05) is 36.7 Å². The standard InChI is InChI=1S/C13H18BrNO3/c1-13(2,3)12(16)11(15)7-4-9-10(5-8(7)14)18-6-17-9/h4-5,11-12,16H,6,15H2,1-3H3/t11-,12-/m0/s1. The van der Waals surface area contributed by atoms with Crippen LogP contribution in [0.4, 0.5) is 0 Å². The predicted octanol–water partition coefficient (Wildman–Crippen LogP) is 2.58. The van der Waals surface area contributed by atoms with E-state index in [1.54, 1.807) is 0 Å². The first-order valence-corrected chi connectivity index (χ1v) is 6.62. The van der Waals surface area contributed by atoms with Crippen molar-refractivity contribution in [3.8, 4) is 11.5 Å². The number of ether oxygens (including phenoxy) is 2. The Kier molecular flexibility index (Phi) is 3.58. The van der Waals surface area contributed by atoms with E-state index in [1.807, 2.05) is 32.9 Å². The molecule has 100 valence electrons. The van der Waals surface area contributed by atoms with Crippen LogP contribution < -0.4 is 15.2 Å². The molecule has 4 nitrogen and oxygen atoms in total. The van der Waals surface area contributed by atoms with E-state index in [9.17, 15) is 5.11 Å². The number of rotatable bonds is 2. The largest absolute Gasteiger partial charge is 0.454 e. The van der Waals surface area contributed by atoms with Crippen LogP contribution in [-0.2, 0) is 0 Å². The topological polar surface area (TPSA) is 64.7 Å². The lowest BCUT2D eigenvalue weighted by Crippen LogP contribution is -2.37. The molecule has 18 heavy (non-hydrogen) atoms. The van der Waals surface area contributed by atoms with Crippen LogP contribution in [0.3, 0.4) is 0 Å². The molecule has 5 heteroatoms. The summed E-state index contributed by atoms with van der Waals surface area (Å²) in [4.78, 5) is 0. The van der Waals surface area contributed by atoms with Gasteiger partial charge in [0.1, 0.15) is 0 Å². The summed E-state index contributed by atoms with van der Waals surface area (Å²) in [7, 11) is 0. The number of fused-ring (bicyclic) bond motifs is 1. The number of nitrogens with two attached hydrogens (primary N) is 1. The van der Waals surface area contributed by atoms with Crippen molar-refractivity contribution in [2.45, 2.75) is 32.9 Å². The fourth-order valence-electron chi connectivity index (χ4n) is 1.90. The summed E-state index contributed by atoms with van der Waals surface area (Å²) in [5.41, 5.74) is 6.68. The van der Waals surface area contributed by atoms with Gasteiger partial charge < -0.3 is 20.3 Å². The third-order valence-electron chi connectivity index (χ3n) is 3.08. The Balaban J connectivity index is 2.34. The third-order valence-corrected chi connectivity index (χ3v) is 3.77. The highest BCUT2D eigenvalue weighted by Crippen LogP contribution is 2.40. The molecule has 0 unspecified atom stereocenters. The van der Waals surface area contributed by atoms with Crippen molar-refractivity contribution >= 4 is 15.9 Å². The van der Waals surface area contributed by atoms with E-state index in [1.165, 1.54) is 0 Å². The third kappa shape index (κ3) is 2.48. The van der Waals surface area contributed by atoms with Crippen molar-refractivity contribution in [2.24, 2.45) is 11.1 Å². The Morgan fingerprint density at radius 2 is 1.83 bits per heavy atom. The van der Waals surface area contributed by atoms with E-state index in [0.717, 1.165) is 10.0 Å². The van der Waals surface area contributed by atoms with Crippen LogP contribution in [0.25, 0.3) is 0 Å². The van der Waals surface area contributed by atoms with Gasteiger partial charge >= 0.3 is 0 Å². The van der Waals surface area contributed by atoms with Gasteiger partial charge in [-0.3, -0.25) is 0 Å². The van der Waals surface area contributed by atoms with Crippen molar-refractivity contribution in [2.75, 3.05) is 6.79 Å². The first-order valence-electron chi connectivity index (χ1n) is 5.83. The van der Waals surface area contributed by atoms with Crippen LogP contribution in [0.2, 0.25) is 0 Å². The highest BCUT2D eigenvalue weighted by atomic mass is 79.9. The number of benzene rings is 1. The summed E-state index contributed by atoms with van der Waals surface area (Å²) in [6, 6.07) is 3.17.